The molecule has 0 radical (unpaired) electrons. The molecular formula is C14H15N5O. The third kappa shape index (κ3) is 1.89. The molecule has 0 N–H and O–H groups in total. The van der Waals surface area contributed by atoms with E-state index in [0.29, 0.717) is 17.9 Å². The number of para-hydroxylation sites is 1. The second-order valence-corrected chi connectivity index (χ2v) is 4.66. The van der Waals surface area contributed by atoms with Crippen molar-refractivity contribution < 1.29 is 4.79 Å². The average molecular weight is 269 g/mol. The summed E-state index contributed by atoms with van der Waals surface area (Å²) in [6.45, 7) is 2.71. The molecule has 0 unspecified atom stereocenters. The number of hydrogen-bond acceptors (Lipinski definition) is 4. The zero-order chi connectivity index (χ0) is 14.1. The van der Waals surface area contributed by atoms with E-state index < -0.39 is 0 Å². The van der Waals surface area contributed by atoms with E-state index in [-0.39, 0.29) is 5.78 Å². The van der Waals surface area contributed by atoms with Crippen molar-refractivity contribution in [2.45, 2.75) is 19.9 Å². The Labute approximate surface area is 116 Å². The van der Waals surface area contributed by atoms with Crippen LogP contribution in [-0.2, 0) is 13.6 Å². The van der Waals surface area contributed by atoms with Crippen molar-refractivity contribution in [2.75, 3.05) is 0 Å². The quantitative estimate of drug-likeness (QED) is 0.677. The van der Waals surface area contributed by atoms with Crippen molar-refractivity contribution in [1.29, 1.82) is 0 Å². The molecule has 0 aliphatic heterocycles. The lowest BCUT2D eigenvalue weighted by Crippen LogP contribution is -2.12. The molecule has 0 aliphatic rings. The van der Waals surface area contributed by atoms with Gasteiger partial charge in [0.05, 0.1) is 11.7 Å². The number of benzene rings is 1. The summed E-state index contributed by atoms with van der Waals surface area (Å²) in [7, 11) is 1.83. The third-order valence-corrected chi connectivity index (χ3v) is 3.26. The molecule has 1 aromatic carbocycles. The minimum Gasteiger partial charge on any atom is -0.285 e. The Morgan fingerprint density at radius 2 is 2.10 bits per heavy atom. The van der Waals surface area contributed by atoms with Crippen LogP contribution in [0.5, 0.6) is 0 Å². The van der Waals surface area contributed by atoms with Crippen molar-refractivity contribution in [3.05, 3.63) is 41.9 Å². The van der Waals surface area contributed by atoms with Crippen LogP contribution in [0.3, 0.4) is 0 Å². The summed E-state index contributed by atoms with van der Waals surface area (Å²) in [5, 5.41) is 13.0. The van der Waals surface area contributed by atoms with Crippen molar-refractivity contribution in [1.82, 2.24) is 24.8 Å². The number of carbonyl (C=O) groups excluding carboxylic acids is 1. The minimum absolute atomic E-state index is 0.139. The molecule has 3 aromatic rings. The predicted molar refractivity (Wildman–Crippen MR) is 74.5 cm³/mol. The zero-order valence-corrected chi connectivity index (χ0v) is 11.4. The molecule has 0 spiro atoms. The highest BCUT2D eigenvalue weighted by Crippen LogP contribution is 2.20. The molecular weight excluding hydrogens is 254 g/mol. The largest absolute Gasteiger partial charge is 0.285 e. The Morgan fingerprint density at radius 1 is 1.30 bits per heavy atom. The number of aromatic nitrogens is 5. The number of nitrogens with zero attached hydrogens (tertiary/aromatic N) is 5. The first-order chi connectivity index (χ1) is 9.72. The number of carbonyl (C=O) groups is 1. The van der Waals surface area contributed by atoms with Gasteiger partial charge in [0.2, 0.25) is 5.78 Å². The highest BCUT2D eigenvalue weighted by atomic mass is 16.1. The topological polar surface area (TPSA) is 65.6 Å². The van der Waals surface area contributed by atoms with Gasteiger partial charge >= 0.3 is 0 Å². The summed E-state index contributed by atoms with van der Waals surface area (Å²) < 4.78 is 3.35. The molecule has 6 heteroatoms. The summed E-state index contributed by atoms with van der Waals surface area (Å²) in [6, 6.07) is 7.69. The van der Waals surface area contributed by atoms with E-state index >= 15 is 0 Å². The second-order valence-electron chi connectivity index (χ2n) is 4.66. The first-order valence-electron chi connectivity index (χ1n) is 6.57. The first kappa shape index (κ1) is 12.5. The van der Waals surface area contributed by atoms with Crippen LogP contribution in [0.4, 0.5) is 0 Å². The van der Waals surface area contributed by atoms with Gasteiger partial charge in [-0.05, 0) is 12.5 Å². The third-order valence-electron chi connectivity index (χ3n) is 3.26. The molecule has 0 fully saturated rings. The Morgan fingerprint density at radius 3 is 2.90 bits per heavy atom. The maximum Gasteiger partial charge on any atom is 0.233 e. The maximum absolute atomic E-state index is 12.7. The monoisotopic (exact) mass is 269 g/mol. The summed E-state index contributed by atoms with van der Waals surface area (Å²) >= 11 is 0. The molecule has 0 amide bonds. The fourth-order valence-electron chi connectivity index (χ4n) is 2.31. The van der Waals surface area contributed by atoms with E-state index in [1.807, 2.05) is 38.2 Å². The smallest absolute Gasteiger partial charge is 0.233 e. The van der Waals surface area contributed by atoms with E-state index in [2.05, 4.69) is 15.4 Å². The van der Waals surface area contributed by atoms with Crippen LogP contribution < -0.4 is 0 Å². The van der Waals surface area contributed by atoms with Gasteiger partial charge in [0, 0.05) is 19.0 Å². The van der Waals surface area contributed by atoms with Crippen molar-refractivity contribution in [3.8, 4) is 0 Å². The number of hydrogen-bond donors (Lipinski definition) is 0. The number of ketones is 1. The van der Waals surface area contributed by atoms with Gasteiger partial charge < -0.3 is 0 Å². The second kappa shape index (κ2) is 4.88. The molecule has 0 bridgehead atoms. The van der Waals surface area contributed by atoms with Gasteiger partial charge in [0.25, 0.3) is 0 Å². The van der Waals surface area contributed by atoms with E-state index in [1.54, 1.807) is 9.36 Å². The lowest BCUT2D eigenvalue weighted by Gasteiger charge is -2.01. The van der Waals surface area contributed by atoms with Gasteiger partial charge in [-0.3, -0.25) is 9.48 Å². The van der Waals surface area contributed by atoms with Gasteiger partial charge in [-0.25, -0.2) is 4.68 Å². The van der Waals surface area contributed by atoms with Crippen molar-refractivity contribution in [2.24, 2.45) is 7.05 Å². The van der Waals surface area contributed by atoms with E-state index in [4.69, 9.17) is 0 Å². The lowest BCUT2D eigenvalue weighted by molar-refractivity contribution is 0.102. The van der Waals surface area contributed by atoms with Gasteiger partial charge in [-0.15, -0.1) is 5.10 Å². The maximum atomic E-state index is 12.7. The Balaban J connectivity index is 2.11. The number of fused-ring (bicyclic) bond motifs is 1. The lowest BCUT2D eigenvalue weighted by atomic mass is 10.1. The molecule has 0 aliphatic carbocycles. The highest BCUT2D eigenvalue weighted by Gasteiger charge is 2.21. The van der Waals surface area contributed by atoms with E-state index in [1.165, 1.54) is 6.20 Å². The highest BCUT2D eigenvalue weighted by molar-refractivity contribution is 6.13. The van der Waals surface area contributed by atoms with Crippen LogP contribution >= 0.6 is 0 Å². The predicted octanol–water partition coefficient (Wildman–Crippen LogP) is 1.81. The zero-order valence-electron chi connectivity index (χ0n) is 11.4. The summed E-state index contributed by atoms with van der Waals surface area (Å²) in [6.07, 6.45) is 2.40. The molecule has 0 saturated carbocycles. The number of rotatable bonds is 4. The molecule has 20 heavy (non-hydrogen) atoms. The van der Waals surface area contributed by atoms with Crippen LogP contribution in [0.25, 0.3) is 10.9 Å². The fraction of sp³-hybridized carbons (Fsp3) is 0.286. The molecule has 102 valence electrons. The molecule has 2 heterocycles. The Bertz CT molecular complexity index is 771. The summed E-state index contributed by atoms with van der Waals surface area (Å²) in [4.78, 5) is 12.7. The normalized spacial score (nSPS) is 11.1. The molecule has 2 aromatic heterocycles. The molecule has 3 rings (SSSR count). The average Bonchev–Trinajstić information content (AvgIpc) is 3.04. The molecule has 6 nitrogen and oxygen atoms in total. The van der Waals surface area contributed by atoms with E-state index in [9.17, 15) is 4.79 Å². The van der Waals surface area contributed by atoms with Crippen LogP contribution in [0, 0.1) is 0 Å². The van der Waals surface area contributed by atoms with Crippen molar-refractivity contribution in [3.63, 3.8) is 0 Å². The van der Waals surface area contributed by atoms with Gasteiger partial charge in [0.1, 0.15) is 11.4 Å². The summed E-state index contributed by atoms with van der Waals surface area (Å²) in [5.74, 6) is -0.139. The minimum atomic E-state index is -0.139. The Hall–Kier alpha value is -2.50. The van der Waals surface area contributed by atoms with Crippen LogP contribution in [0.15, 0.2) is 30.5 Å². The fourth-order valence-corrected chi connectivity index (χ4v) is 2.31. The van der Waals surface area contributed by atoms with Crippen LogP contribution in [0.1, 0.15) is 29.5 Å². The van der Waals surface area contributed by atoms with E-state index in [0.717, 1.165) is 17.3 Å². The van der Waals surface area contributed by atoms with Gasteiger partial charge in [-0.2, -0.15) is 5.10 Å². The van der Waals surface area contributed by atoms with Crippen LogP contribution in [-0.4, -0.2) is 30.6 Å². The Kier molecular flexibility index (Phi) is 3.06. The van der Waals surface area contributed by atoms with Gasteiger partial charge in [-0.1, -0.05) is 30.3 Å². The first-order valence-corrected chi connectivity index (χ1v) is 6.57. The SMILES string of the molecule is CCCn1nncc1C(=O)c1nn(C)c2ccccc12. The van der Waals surface area contributed by atoms with Gasteiger partial charge in [0.15, 0.2) is 0 Å². The number of aryl methyl sites for hydroxylation is 2. The standard InChI is InChI=1S/C14H15N5O/c1-3-8-19-12(9-15-17-19)14(20)13-10-6-4-5-7-11(10)18(2)16-13/h4-7,9H,3,8H2,1-2H3. The molecule has 0 atom stereocenters. The van der Waals surface area contributed by atoms with Crippen LogP contribution in [0.2, 0.25) is 0 Å². The molecule has 0 saturated heterocycles. The van der Waals surface area contributed by atoms with Crippen molar-refractivity contribution >= 4 is 16.7 Å². The summed E-state index contributed by atoms with van der Waals surface area (Å²) in [5.41, 5.74) is 1.86.